The zero-order valence-electron chi connectivity index (χ0n) is 11.7. The van der Waals surface area contributed by atoms with E-state index in [0.29, 0.717) is 11.8 Å². The minimum Gasteiger partial charge on any atom is -0.396 e. The summed E-state index contributed by atoms with van der Waals surface area (Å²) in [5.74, 6) is 3.69. The van der Waals surface area contributed by atoms with Gasteiger partial charge in [-0.3, -0.25) is 0 Å². The number of aromatic nitrogens is 2. The van der Waals surface area contributed by atoms with Crippen LogP contribution < -0.4 is 5.32 Å². The van der Waals surface area contributed by atoms with Crippen LogP contribution in [0.25, 0.3) is 0 Å². The van der Waals surface area contributed by atoms with Gasteiger partial charge in [0.25, 0.3) is 0 Å². The van der Waals surface area contributed by atoms with Crippen LogP contribution in [0, 0.1) is 5.92 Å². The van der Waals surface area contributed by atoms with Gasteiger partial charge in [-0.2, -0.15) is 0 Å². The summed E-state index contributed by atoms with van der Waals surface area (Å²) in [6, 6.07) is 2.02. The van der Waals surface area contributed by atoms with Crippen molar-refractivity contribution in [3.8, 4) is 0 Å². The monoisotopic (exact) mass is 281 g/mol. The summed E-state index contributed by atoms with van der Waals surface area (Å²) in [5, 5.41) is 13.4. The molecule has 1 atom stereocenters. The molecule has 0 aromatic carbocycles. The molecule has 1 saturated carbocycles. The van der Waals surface area contributed by atoms with Crippen molar-refractivity contribution in [2.24, 2.45) is 5.92 Å². The lowest BCUT2D eigenvalue weighted by Crippen LogP contribution is -2.07. The minimum atomic E-state index is 0.231. The number of rotatable bonds is 8. The van der Waals surface area contributed by atoms with Gasteiger partial charge >= 0.3 is 0 Å². The first-order chi connectivity index (χ1) is 9.22. The van der Waals surface area contributed by atoms with Crippen LogP contribution in [-0.4, -0.2) is 34.0 Å². The van der Waals surface area contributed by atoms with Gasteiger partial charge in [0.1, 0.15) is 16.7 Å². The molecule has 1 aromatic rings. The van der Waals surface area contributed by atoms with Crippen LogP contribution in [-0.2, 0) is 0 Å². The molecule has 1 aliphatic rings. The Kier molecular flexibility index (Phi) is 5.45. The van der Waals surface area contributed by atoms with Crippen LogP contribution in [0.3, 0.4) is 0 Å². The Labute approximate surface area is 119 Å². The maximum absolute atomic E-state index is 9.08. The third kappa shape index (κ3) is 4.66. The van der Waals surface area contributed by atoms with E-state index in [4.69, 9.17) is 5.11 Å². The summed E-state index contributed by atoms with van der Waals surface area (Å²) in [7, 11) is 0. The topological polar surface area (TPSA) is 58.0 Å². The van der Waals surface area contributed by atoms with E-state index in [9.17, 15) is 0 Å². The van der Waals surface area contributed by atoms with Crippen molar-refractivity contribution in [3.63, 3.8) is 0 Å². The SMILES string of the molecule is CCCNc1cc(SCC(C)CO)nc(C2CC2)n1. The number of nitrogens with one attached hydrogen (secondary N) is 1. The number of aliphatic hydroxyl groups excluding tert-OH is 1. The van der Waals surface area contributed by atoms with E-state index in [1.165, 1.54) is 12.8 Å². The standard InChI is InChI=1S/C14H23N3OS/c1-3-6-15-12-7-13(19-9-10(2)8-18)17-14(16-12)11-4-5-11/h7,10-11,18H,3-6,8-9H2,1-2H3,(H,15,16,17). The lowest BCUT2D eigenvalue weighted by Gasteiger charge is -2.10. The molecule has 0 saturated heterocycles. The molecule has 1 heterocycles. The number of anilines is 1. The molecule has 106 valence electrons. The van der Waals surface area contributed by atoms with Gasteiger partial charge in [0, 0.05) is 30.9 Å². The van der Waals surface area contributed by atoms with Gasteiger partial charge in [-0.1, -0.05) is 13.8 Å². The fourth-order valence-electron chi connectivity index (χ4n) is 1.66. The average molecular weight is 281 g/mol. The van der Waals surface area contributed by atoms with Gasteiger partial charge in [0.15, 0.2) is 0 Å². The van der Waals surface area contributed by atoms with Crippen LogP contribution in [0.5, 0.6) is 0 Å². The largest absolute Gasteiger partial charge is 0.396 e. The lowest BCUT2D eigenvalue weighted by atomic mass is 10.2. The highest BCUT2D eigenvalue weighted by Gasteiger charge is 2.27. The Morgan fingerprint density at radius 1 is 1.47 bits per heavy atom. The van der Waals surface area contributed by atoms with Crippen molar-refractivity contribution in [2.75, 3.05) is 24.2 Å². The van der Waals surface area contributed by atoms with Gasteiger partial charge in [-0.15, -0.1) is 11.8 Å². The Hall–Kier alpha value is -0.810. The van der Waals surface area contributed by atoms with Crippen molar-refractivity contribution < 1.29 is 5.11 Å². The number of nitrogens with zero attached hydrogens (tertiary/aromatic N) is 2. The number of hydrogen-bond acceptors (Lipinski definition) is 5. The Balaban J connectivity index is 2.05. The van der Waals surface area contributed by atoms with Crippen molar-refractivity contribution >= 4 is 17.6 Å². The lowest BCUT2D eigenvalue weighted by molar-refractivity contribution is 0.250. The van der Waals surface area contributed by atoms with Gasteiger partial charge in [-0.05, 0) is 25.2 Å². The first-order valence-electron chi connectivity index (χ1n) is 7.09. The second-order valence-electron chi connectivity index (χ2n) is 5.25. The van der Waals surface area contributed by atoms with Gasteiger partial charge in [0.2, 0.25) is 0 Å². The summed E-state index contributed by atoms with van der Waals surface area (Å²) < 4.78 is 0. The van der Waals surface area contributed by atoms with Gasteiger partial charge in [0.05, 0.1) is 0 Å². The van der Waals surface area contributed by atoms with Gasteiger partial charge in [-0.25, -0.2) is 9.97 Å². The summed E-state index contributed by atoms with van der Waals surface area (Å²) in [5.41, 5.74) is 0. The summed E-state index contributed by atoms with van der Waals surface area (Å²) in [6.45, 7) is 5.37. The highest BCUT2D eigenvalue weighted by molar-refractivity contribution is 7.99. The predicted octanol–water partition coefficient (Wildman–Crippen LogP) is 2.90. The van der Waals surface area contributed by atoms with Crippen molar-refractivity contribution in [1.29, 1.82) is 0 Å². The molecule has 0 aliphatic heterocycles. The molecule has 1 fully saturated rings. The van der Waals surface area contributed by atoms with E-state index >= 15 is 0 Å². The molecule has 0 spiro atoms. The zero-order chi connectivity index (χ0) is 13.7. The van der Waals surface area contributed by atoms with E-state index in [2.05, 4.69) is 22.2 Å². The Morgan fingerprint density at radius 2 is 2.26 bits per heavy atom. The maximum Gasteiger partial charge on any atom is 0.135 e. The molecule has 19 heavy (non-hydrogen) atoms. The normalized spacial score (nSPS) is 16.4. The minimum absolute atomic E-state index is 0.231. The second-order valence-corrected chi connectivity index (χ2v) is 6.29. The molecule has 1 unspecified atom stereocenters. The van der Waals surface area contributed by atoms with Crippen molar-refractivity contribution in [2.45, 2.75) is 44.1 Å². The van der Waals surface area contributed by atoms with Crippen LogP contribution in [0.15, 0.2) is 11.1 Å². The molecular weight excluding hydrogens is 258 g/mol. The quantitative estimate of drug-likeness (QED) is 0.567. The molecule has 2 rings (SSSR count). The summed E-state index contributed by atoms with van der Waals surface area (Å²) in [4.78, 5) is 9.24. The van der Waals surface area contributed by atoms with E-state index in [1.807, 2.05) is 13.0 Å². The Morgan fingerprint density at radius 3 is 2.89 bits per heavy atom. The second kappa shape index (κ2) is 7.10. The average Bonchev–Trinajstić information content (AvgIpc) is 3.26. The molecule has 0 bridgehead atoms. The van der Waals surface area contributed by atoms with E-state index in [-0.39, 0.29) is 6.61 Å². The van der Waals surface area contributed by atoms with Crippen molar-refractivity contribution in [1.82, 2.24) is 9.97 Å². The van der Waals surface area contributed by atoms with E-state index in [0.717, 1.165) is 35.4 Å². The van der Waals surface area contributed by atoms with Crippen LogP contribution in [0.1, 0.15) is 44.9 Å². The third-order valence-corrected chi connectivity index (χ3v) is 4.29. The maximum atomic E-state index is 9.08. The van der Waals surface area contributed by atoms with E-state index < -0.39 is 0 Å². The fraction of sp³-hybridized carbons (Fsp3) is 0.714. The molecule has 1 aromatic heterocycles. The zero-order valence-corrected chi connectivity index (χ0v) is 12.5. The molecule has 0 amide bonds. The van der Waals surface area contributed by atoms with Crippen LogP contribution >= 0.6 is 11.8 Å². The van der Waals surface area contributed by atoms with Crippen molar-refractivity contribution in [3.05, 3.63) is 11.9 Å². The third-order valence-electron chi connectivity index (χ3n) is 3.05. The highest BCUT2D eigenvalue weighted by atomic mass is 32.2. The van der Waals surface area contributed by atoms with Crippen LogP contribution in [0.2, 0.25) is 0 Å². The number of thioether (sulfide) groups is 1. The van der Waals surface area contributed by atoms with Crippen LogP contribution in [0.4, 0.5) is 5.82 Å². The molecule has 0 radical (unpaired) electrons. The highest BCUT2D eigenvalue weighted by Crippen LogP contribution is 2.39. The number of hydrogen-bond donors (Lipinski definition) is 2. The number of aliphatic hydroxyl groups is 1. The molecular formula is C14H23N3OS. The first kappa shape index (κ1) is 14.6. The summed E-state index contributed by atoms with van der Waals surface area (Å²) in [6.07, 6.45) is 3.52. The van der Waals surface area contributed by atoms with Gasteiger partial charge < -0.3 is 10.4 Å². The molecule has 1 aliphatic carbocycles. The van der Waals surface area contributed by atoms with E-state index in [1.54, 1.807) is 11.8 Å². The molecule has 2 N–H and O–H groups in total. The Bertz CT molecular complexity index is 410. The smallest absolute Gasteiger partial charge is 0.135 e. The first-order valence-corrected chi connectivity index (χ1v) is 8.08. The molecule has 5 heteroatoms. The summed E-state index contributed by atoms with van der Waals surface area (Å²) >= 11 is 1.71. The fourth-order valence-corrected chi connectivity index (χ4v) is 2.58. The molecule has 4 nitrogen and oxygen atoms in total. The predicted molar refractivity (Wildman–Crippen MR) is 79.8 cm³/mol.